The Bertz CT molecular complexity index is 649. The molecule has 3 rings (SSSR count). The number of aromatic nitrogens is 4. The number of rotatable bonds is 3. The molecule has 2 aromatic heterocycles. The molecule has 1 fully saturated rings. The number of hydrogen-bond donors (Lipinski definition) is 0. The summed E-state index contributed by atoms with van der Waals surface area (Å²) < 4.78 is 15.2. The largest absolute Gasteiger partial charge is 0 e. The van der Waals surface area contributed by atoms with Gasteiger partial charge < -0.3 is 0 Å². The van der Waals surface area contributed by atoms with E-state index in [-0.39, 0.29) is 20.4 Å². The van der Waals surface area contributed by atoms with Crippen molar-refractivity contribution < 1.29 is 23.5 Å². The zero-order valence-electron chi connectivity index (χ0n) is 12.2. The van der Waals surface area contributed by atoms with Crippen molar-refractivity contribution >= 4 is 31.2 Å². The van der Waals surface area contributed by atoms with Crippen molar-refractivity contribution in [1.29, 1.82) is 0 Å². The van der Waals surface area contributed by atoms with Crippen LogP contribution in [0.3, 0.4) is 0 Å². The van der Waals surface area contributed by atoms with Crippen LogP contribution in [0.4, 0.5) is 5.82 Å². The Morgan fingerprint density at radius 3 is 2.67 bits per heavy atom. The molecular weight excluding hydrogens is 547 g/mol. The molecule has 1 aliphatic heterocycles. The molecule has 1 aliphatic rings. The smallest absolute Gasteiger partial charge is 0 e. The van der Waals surface area contributed by atoms with E-state index in [1.165, 1.54) is 0 Å². The topological polar surface area (TPSA) is 63.4 Å². The maximum atomic E-state index is 11.6. The van der Waals surface area contributed by atoms with Gasteiger partial charge in [0.2, 0.25) is 0 Å². The molecule has 3 heterocycles. The van der Waals surface area contributed by atoms with Crippen molar-refractivity contribution in [3.8, 4) is 0 Å². The molecule has 1 saturated heterocycles. The Balaban J connectivity index is 0.00000161. The first-order valence-corrected chi connectivity index (χ1v) is 12.2. The Kier molecular flexibility index (Phi) is 5.74. The van der Waals surface area contributed by atoms with Crippen LogP contribution in [0.25, 0.3) is 5.65 Å². The van der Waals surface area contributed by atoms with E-state index in [0.29, 0.717) is 0 Å². The summed E-state index contributed by atoms with van der Waals surface area (Å²) in [6.07, 6.45) is 2.70. The van der Waals surface area contributed by atoms with Crippen LogP contribution in [0.2, 0.25) is 8.87 Å². The molecular formula is C13H18N5OReSn-. The van der Waals surface area contributed by atoms with Gasteiger partial charge in [-0.1, -0.05) is 0 Å². The van der Waals surface area contributed by atoms with E-state index in [2.05, 4.69) is 21.9 Å². The number of hydrogen-bond acceptors (Lipinski definition) is 5. The standard InChI is InChI=1S/C13H18N5.O.Re.Sn/c1-5-10-14-13-9-12(17(7-3)8-4)15-11(6-2)18(13)16-10;;;/h5,9H,3-4,6-8H2,1-2H3;;;/q-1;;;. The Hall–Kier alpha value is -0.519. The van der Waals surface area contributed by atoms with Gasteiger partial charge in [-0.3, -0.25) is 0 Å². The second-order valence-corrected chi connectivity index (χ2v) is 10.9. The van der Waals surface area contributed by atoms with Gasteiger partial charge in [-0.15, -0.1) is 0 Å². The van der Waals surface area contributed by atoms with Crippen LogP contribution in [0.1, 0.15) is 25.5 Å². The summed E-state index contributed by atoms with van der Waals surface area (Å²) in [7, 11) is 0. The van der Waals surface area contributed by atoms with Crippen LogP contribution in [0, 0.1) is 6.42 Å². The SMILES string of the molecule is C[CH-]c1nc2cc(N3C[CH2][Sn](=[O])[CH2]C3)nc(CC)n2n1.[Re]. The Morgan fingerprint density at radius 2 is 2.05 bits per heavy atom. The Labute approximate surface area is 145 Å². The zero-order valence-corrected chi connectivity index (χ0v) is 17.8. The van der Waals surface area contributed by atoms with Gasteiger partial charge in [0.15, 0.2) is 0 Å². The monoisotopic (exact) mass is 567 g/mol. The minimum Gasteiger partial charge on any atom is 0 e. The fourth-order valence-corrected chi connectivity index (χ4v) is 6.13. The van der Waals surface area contributed by atoms with Gasteiger partial charge in [-0.2, -0.15) is 0 Å². The van der Waals surface area contributed by atoms with E-state index < -0.39 is 19.7 Å². The van der Waals surface area contributed by atoms with E-state index in [1.54, 1.807) is 0 Å². The molecule has 8 heteroatoms. The molecule has 0 amide bonds. The number of anilines is 1. The van der Waals surface area contributed by atoms with E-state index in [1.807, 2.05) is 23.9 Å². The van der Waals surface area contributed by atoms with Gasteiger partial charge in [-0.05, 0) is 0 Å². The van der Waals surface area contributed by atoms with Gasteiger partial charge in [0.05, 0.1) is 0 Å². The second-order valence-electron chi connectivity index (χ2n) is 4.94. The molecule has 0 aromatic carbocycles. The summed E-state index contributed by atoms with van der Waals surface area (Å²) >= 11 is -2.21. The molecule has 113 valence electrons. The third kappa shape index (κ3) is 3.46. The summed E-state index contributed by atoms with van der Waals surface area (Å²) in [5, 5.41) is 4.43. The van der Waals surface area contributed by atoms with Gasteiger partial charge >= 0.3 is 125 Å². The molecule has 0 unspecified atom stereocenters. The van der Waals surface area contributed by atoms with Crippen molar-refractivity contribution in [2.75, 3.05) is 18.0 Å². The predicted octanol–water partition coefficient (Wildman–Crippen LogP) is 1.50. The summed E-state index contributed by atoms with van der Waals surface area (Å²) in [6.45, 7) is 5.74. The molecule has 0 saturated carbocycles. The molecule has 0 spiro atoms. The normalized spacial score (nSPS) is 15.1. The van der Waals surface area contributed by atoms with E-state index in [0.717, 1.165) is 51.5 Å². The summed E-state index contributed by atoms with van der Waals surface area (Å²) in [5.74, 6) is 2.59. The van der Waals surface area contributed by atoms with E-state index in [4.69, 9.17) is 4.98 Å². The molecule has 21 heavy (non-hydrogen) atoms. The predicted molar refractivity (Wildman–Crippen MR) is 77.5 cm³/mol. The van der Waals surface area contributed by atoms with Crippen LogP contribution in [0.15, 0.2) is 6.07 Å². The molecule has 1 radical (unpaired) electrons. The minimum absolute atomic E-state index is 0. The van der Waals surface area contributed by atoms with Gasteiger partial charge in [-0.25, -0.2) is 0 Å². The zero-order chi connectivity index (χ0) is 14.1. The van der Waals surface area contributed by atoms with Crippen LogP contribution < -0.4 is 4.90 Å². The van der Waals surface area contributed by atoms with Crippen LogP contribution in [-0.2, 0) is 29.9 Å². The van der Waals surface area contributed by atoms with E-state index in [9.17, 15) is 3.08 Å². The molecule has 0 N–H and O–H groups in total. The second kappa shape index (κ2) is 7.16. The average Bonchev–Trinajstić information content (AvgIpc) is 2.90. The van der Waals surface area contributed by atoms with Crippen LogP contribution in [-0.4, -0.2) is 52.4 Å². The molecule has 0 bridgehead atoms. The average molecular weight is 565 g/mol. The third-order valence-electron chi connectivity index (χ3n) is 3.61. The van der Waals surface area contributed by atoms with Crippen molar-refractivity contribution in [3.63, 3.8) is 0 Å². The van der Waals surface area contributed by atoms with Crippen molar-refractivity contribution in [3.05, 3.63) is 24.1 Å². The summed E-state index contributed by atoms with van der Waals surface area (Å²) in [6, 6.07) is 1.98. The number of fused-ring (bicyclic) bond motifs is 1. The first kappa shape index (κ1) is 16.8. The van der Waals surface area contributed by atoms with Crippen molar-refractivity contribution in [2.24, 2.45) is 0 Å². The summed E-state index contributed by atoms with van der Waals surface area (Å²) in [5.41, 5.74) is 0.839. The minimum atomic E-state index is -2.21. The van der Waals surface area contributed by atoms with Crippen LogP contribution >= 0.6 is 0 Å². The van der Waals surface area contributed by atoms with Crippen molar-refractivity contribution in [1.82, 2.24) is 19.6 Å². The first-order valence-electron chi connectivity index (χ1n) is 7.04. The number of nitrogens with zero attached hydrogens (tertiary/aromatic N) is 5. The fraction of sp³-hybridized carbons (Fsp3) is 0.538. The molecule has 0 atom stereocenters. The molecule has 2 aromatic rings. The Morgan fingerprint density at radius 1 is 1.33 bits per heavy atom. The first-order chi connectivity index (χ1) is 9.71. The quantitative estimate of drug-likeness (QED) is 0.418. The fourth-order valence-electron chi connectivity index (χ4n) is 2.45. The summed E-state index contributed by atoms with van der Waals surface area (Å²) in [4.78, 5) is 11.4. The third-order valence-corrected chi connectivity index (χ3v) is 8.07. The van der Waals surface area contributed by atoms with Crippen molar-refractivity contribution in [2.45, 2.75) is 29.1 Å². The van der Waals surface area contributed by atoms with Gasteiger partial charge in [0.1, 0.15) is 0 Å². The number of aryl methyl sites for hydroxylation is 1. The van der Waals surface area contributed by atoms with Crippen LogP contribution in [0.5, 0.6) is 0 Å². The van der Waals surface area contributed by atoms with Gasteiger partial charge in [0, 0.05) is 20.4 Å². The molecule has 6 nitrogen and oxygen atoms in total. The molecule has 0 aliphatic carbocycles. The van der Waals surface area contributed by atoms with Gasteiger partial charge in [0.25, 0.3) is 0 Å². The maximum Gasteiger partial charge on any atom is 0 e. The van der Waals surface area contributed by atoms with E-state index >= 15 is 0 Å². The maximum absolute atomic E-state index is 11.6.